The Bertz CT molecular complexity index is 1290. The second-order valence-electron chi connectivity index (χ2n) is 24.6. The first-order valence-electron chi connectivity index (χ1n) is 34.6. The van der Waals surface area contributed by atoms with Crippen LogP contribution in [0.15, 0.2) is 12.2 Å². The summed E-state index contributed by atoms with van der Waals surface area (Å²) in [5.41, 5.74) is 0. The van der Waals surface area contributed by atoms with Gasteiger partial charge in [-0.3, -0.25) is 4.79 Å². The molecule has 8 N–H and O–H groups in total. The van der Waals surface area contributed by atoms with Gasteiger partial charge in [-0.05, 0) is 38.5 Å². The molecule has 0 radical (unpaired) electrons. The first kappa shape index (κ1) is 75.9. The van der Waals surface area contributed by atoms with Gasteiger partial charge in [-0.25, -0.2) is 0 Å². The number of carbonyl (C=O) groups excluding carboxylic acids is 1. The molecule has 79 heavy (non-hydrogen) atoms. The lowest BCUT2D eigenvalue weighted by atomic mass is 9.98. The molecule has 0 aromatic rings. The van der Waals surface area contributed by atoms with Gasteiger partial charge in [-0.1, -0.05) is 321 Å². The van der Waals surface area contributed by atoms with E-state index in [1.165, 1.54) is 270 Å². The number of rotatable bonds is 61. The van der Waals surface area contributed by atoms with E-state index in [1.807, 2.05) is 0 Å². The molecule has 9 atom stereocenters. The number of hydrogen-bond acceptors (Lipinski definition) is 10. The first-order chi connectivity index (χ1) is 38.7. The number of hydrogen-bond donors (Lipinski definition) is 8. The van der Waals surface area contributed by atoms with Crippen molar-refractivity contribution in [2.75, 3.05) is 13.2 Å². The maximum atomic E-state index is 13.2. The zero-order chi connectivity index (χ0) is 57.5. The lowest BCUT2D eigenvalue weighted by Crippen LogP contribution is -2.60. The van der Waals surface area contributed by atoms with Gasteiger partial charge in [0.15, 0.2) is 6.29 Å². The molecular formula is C68H133NO10. The minimum atomic E-state index is -1.67. The van der Waals surface area contributed by atoms with Gasteiger partial charge in [0.1, 0.15) is 36.6 Å². The molecule has 0 aliphatic carbocycles. The molecule has 1 aliphatic rings. The van der Waals surface area contributed by atoms with E-state index in [0.29, 0.717) is 12.8 Å². The summed E-state index contributed by atoms with van der Waals surface area (Å²) >= 11 is 0. The molecule has 0 bridgehead atoms. The van der Waals surface area contributed by atoms with Crippen LogP contribution in [0.25, 0.3) is 0 Å². The van der Waals surface area contributed by atoms with Gasteiger partial charge in [-0.15, -0.1) is 0 Å². The Kier molecular flexibility index (Phi) is 55.0. The van der Waals surface area contributed by atoms with E-state index in [2.05, 4.69) is 31.3 Å². The topological polar surface area (TPSA) is 189 Å². The highest BCUT2D eigenvalue weighted by molar-refractivity contribution is 5.80. The molecule has 0 aromatic carbocycles. The van der Waals surface area contributed by atoms with E-state index >= 15 is 0 Å². The fourth-order valence-electron chi connectivity index (χ4n) is 11.5. The van der Waals surface area contributed by atoms with Crippen molar-refractivity contribution in [1.82, 2.24) is 5.32 Å². The third-order valence-electron chi connectivity index (χ3n) is 17.1. The summed E-state index contributed by atoms with van der Waals surface area (Å²) in [5.74, 6) is -0.698. The predicted octanol–water partition coefficient (Wildman–Crippen LogP) is 16.3. The number of aliphatic hydroxyl groups is 7. The number of carbonyl (C=O) groups is 1. The SMILES string of the molecule is CCCCCCCCCCCCCCCCCCCCCCC/C=C/CCCC(O)C(O)C(COC1OC(CO)C(O)C(O)C1O)NC(=O)C(O)CCCCCCCCCCCCCCCCCCCCCCCCCCCC. The second kappa shape index (κ2) is 57.3. The fourth-order valence-corrected chi connectivity index (χ4v) is 11.5. The summed E-state index contributed by atoms with van der Waals surface area (Å²) in [7, 11) is 0. The maximum Gasteiger partial charge on any atom is 0.249 e. The highest BCUT2D eigenvalue weighted by atomic mass is 16.7. The molecule has 1 aliphatic heterocycles. The lowest BCUT2D eigenvalue weighted by Gasteiger charge is -2.40. The number of ether oxygens (including phenoxy) is 2. The van der Waals surface area contributed by atoms with E-state index in [0.717, 1.165) is 38.5 Å². The summed E-state index contributed by atoms with van der Waals surface area (Å²) in [5, 5.41) is 76.5. The normalized spacial score (nSPS) is 19.3. The van der Waals surface area contributed by atoms with Gasteiger partial charge in [0, 0.05) is 0 Å². The molecule has 470 valence electrons. The van der Waals surface area contributed by atoms with Crippen LogP contribution in [0.1, 0.15) is 348 Å². The van der Waals surface area contributed by atoms with Crippen molar-refractivity contribution < 1.29 is 50.0 Å². The van der Waals surface area contributed by atoms with Crippen LogP contribution in [-0.2, 0) is 14.3 Å². The molecule has 0 saturated carbocycles. The Hall–Kier alpha value is -1.15. The number of unbranched alkanes of at least 4 members (excludes halogenated alkanes) is 47. The average Bonchev–Trinajstić information content (AvgIpc) is 3.46. The zero-order valence-corrected chi connectivity index (χ0v) is 51.9. The molecular weight excluding hydrogens is 991 g/mol. The first-order valence-corrected chi connectivity index (χ1v) is 34.6. The molecule has 1 rings (SSSR count). The summed E-state index contributed by atoms with van der Waals surface area (Å²) in [6.45, 7) is 3.51. The summed E-state index contributed by atoms with van der Waals surface area (Å²) in [6, 6.07) is -1.18. The van der Waals surface area contributed by atoms with Crippen LogP contribution < -0.4 is 5.32 Å². The van der Waals surface area contributed by atoms with Gasteiger partial charge >= 0.3 is 0 Å². The highest BCUT2D eigenvalue weighted by Crippen LogP contribution is 2.24. The van der Waals surface area contributed by atoms with Crippen molar-refractivity contribution in [3.8, 4) is 0 Å². The van der Waals surface area contributed by atoms with Crippen LogP contribution in [0.4, 0.5) is 0 Å². The summed E-state index contributed by atoms with van der Waals surface area (Å²) in [6.07, 6.45) is 58.7. The van der Waals surface area contributed by atoms with Crippen LogP contribution in [0.2, 0.25) is 0 Å². The van der Waals surface area contributed by atoms with E-state index in [-0.39, 0.29) is 12.8 Å². The van der Waals surface area contributed by atoms with Crippen LogP contribution >= 0.6 is 0 Å². The maximum absolute atomic E-state index is 13.2. The summed E-state index contributed by atoms with van der Waals surface area (Å²) in [4.78, 5) is 13.2. The molecule has 0 aromatic heterocycles. The molecule has 1 heterocycles. The number of amides is 1. The van der Waals surface area contributed by atoms with Crippen LogP contribution in [0.3, 0.4) is 0 Å². The Morgan fingerprint density at radius 1 is 0.430 bits per heavy atom. The van der Waals surface area contributed by atoms with E-state index < -0.39 is 74.2 Å². The van der Waals surface area contributed by atoms with E-state index in [1.54, 1.807) is 0 Å². The van der Waals surface area contributed by atoms with Crippen LogP contribution in [-0.4, -0.2) is 110 Å². The van der Waals surface area contributed by atoms with Gasteiger partial charge < -0.3 is 50.5 Å². The Labute approximate surface area is 487 Å². The molecule has 1 saturated heterocycles. The van der Waals surface area contributed by atoms with E-state index in [4.69, 9.17) is 9.47 Å². The van der Waals surface area contributed by atoms with Gasteiger partial charge in [0.25, 0.3) is 0 Å². The minimum Gasteiger partial charge on any atom is -0.394 e. The van der Waals surface area contributed by atoms with Crippen molar-refractivity contribution in [2.45, 2.75) is 403 Å². The predicted molar refractivity (Wildman–Crippen MR) is 330 cm³/mol. The van der Waals surface area contributed by atoms with Crippen molar-refractivity contribution in [1.29, 1.82) is 0 Å². The van der Waals surface area contributed by atoms with Crippen LogP contribution in [0, 0.1) is 0 Å². The summed E-state index contributed by atoms with van der Waals surface area (Å²) < 4.78 is 11.2. The van der Waals surface area contributed by atoms with Crippen molar-refractivity contribution in [3.63, 3.8) is 0 Å². The van der Waals surface area contributed by atoms with Crippen molar-refractivity contribution in [2.24, 2.45) is 0 Å². The number of nitrogens with one attached hydrogen (secondary N) is 1. The number of allylic oxidation sites excluding steroid dienone is 2. The Balaban J connectivity index is 2.22. The zero-order valence-electron chi connectivity index (χ0n) is 51.9. The van der Waals surface area contributed by atoms with Crippen molar-refractivity contribution >= 4 is 5.91 Å². The van der Waals surface area contributed by atoms with Gasteiger partial charge in [0.05, 0.1) is 25.4 Å². The molecule has 1 fully saturated rings. The average molecular weight is 1120 g/mol. The number of aliphatic hydroxyl groups excluding tert-OH is 7. The third kappa shape index (κ3) is 45.0. The molecule has 1 amide bonds. The molecule has 11 nitrogen and oxygen atoms in total. The smallest absolute Gasteiger partial charge is 0.249 e. The third-order valence-corrected chi connectivity index (χ3v) is 17.1. The molecule has 9 unspecified atom stereocenters. The van der Waals surface area contributed by atoms with Gasteiger partial charge in [0.2, 0.25) is 5.91 Å². The fraction of sp³-hybridized carbons (Fsp3) is 0.956. The lowest BCUT2D eigenvalue weighted by molar-refractivity contribution is -0.303. The van der Waals surface area contributed by atoms with Crippen LogP contribution in [0.5, 0.6) is 0 Å². The Morgan fingerprint density at radius 3 is 1.09 bits per heavy atom. The molecule has 11 heteroatoms. The largest absolute Gasteiger partial charge is 0.394 e. The monoisotopic (exact) mass is 1120 g/mol. The molecule has 0 spiro atoms. The van der Waals surface area contributed by atoms with E-state index in [9.17, 15) is 40.5 Å². The quantitative estimate of drug-likeness (QED) is 0.0215. The second-order valence-corrected chi connectivity index (χ2v) is 24.6. The minimum absolute atomic E-state index is 0.260. The standard InChI is InChI=1S/C68H133NO10/c1-3-5-7-9-11-13-15-17-19-21-23-25-27-29-31-33-35-37-39-41-43-45-47-49-51-53-55-60(71)63(73)59(58-78-68-66(76)65(75)64(74)62(57-70)79-68)69-67(77)61(72)56-54-52-50-48-46-44-42-40-38-36-34-32-30-28-26-24-22-20-18-16-14-12-10-8-6-4-2/h47,49,59-66,68,70-76H,3-46,48,50-58H2,1-2H3,(H,69,77)/b49-47+. The van der Waals surface area contributed by atoms with Gasteiger partial charge in [-0.2, -0.15) is 0 Å². The highest BCUT2D eigenvalue weighted by Gasteiger charge is 2.44. The Morgan fingerprint density at radius 2 is 0.747 bits per heavy atom. The van der Waals surface area contributed by atoms with Crippen molar-refractivity contribution in [3.05, 3.63) is 12.2 Å².